The number of halogens is 1. The Labute approximate surface area is 403 Å². The minimum absolute atomic E-state index is 0.182. The molecule has 3 amide bonds. The number of benzene rings is 3. The fraction of sp³-hybridized carbons (Fsp3) is 0.396. The van der Waals surface area contributed by atoms with Crippen molar-refractivity contribution in [3.05, 3.63) is 87.8 Å². The molecule has 1 unspecified atom stereocenters. The molecule has 18 nitrogen and oxygen atoms in total. The maximum Gasteiger partial charge on any atom is 0.255 e. The molecule has 354 valence electrons. The van der Waals surface area contributed by atoms with Crippen LogP contribution in [0.3, 0.4) is 0 Å². The Bertz CT molecular complexity index is 2950. The number of unbranched alkanes of at least 4 members (excludes halogenated alkanes) is 1. The van der Waals surface area contributed by atoms with Crippen LogP contribution in [0.15, 0.2) is 65.5 Å². The van der Waals surface area contributed by atoms with Crippen molar-refractivity contribution in [2.75, 3.05) is 79.4 Å². The summed E-state index contributed by atoms with van der Waals surface area (Å²) in [6.45, 7) is 9.44. The number of carbonyl (C=O) groups excluding carboxylic acids is 3. The van der Waals surface area contributed by atoms with E-state index in [4.69, 9.17) is 9.72 Å². The number of ether oxygens (including phenoxy) is 1. The average molecular weight is 1010 g/mol. The molecule has 2 aromatic heterocycles. The van der Waals surface area contributed by atoms with Gasteiger partial charge in [-0.2, -0.15) is 4.98 Å². The Morgan fingerprint density at radius 3 is 2.50 bits per heavy atom. The molecule has 0 bridgehead atoms. The maximum absolute atomic E-state index is 13.2. The number of carbonyl (C=O) groups is 3. The molecule has 68 heavy (non-hydrogen) atoms. The Hall–Kier alpha value is -6.40. The van der Waals surface area contributed by atoms with Crippen LogP contribution in [0, 0.1) is 18.8 Å². The van der Waals surface area contributed by atoms with E-state index in [1.165, 1.54) is 6.20 Å². The summed E-state index contributed by atoms with van der Waals surface area (Å²) in [6, 6.07) is 13.1. The predicted molar refractivity (Wildman–Crippen MR) is 264 cm³/mol. The van der Waals surface area contributed by atoms with Crippen LogP contribution in [0.4, 0.5) is 34.5 Å². The first-order chi connectivity index (χ1) is 32.8. The van der Waals surface area contributed by atoms with E-state index in [1.807, 2.05) is 12.1 Å². The third kappa shape index (κ3) is 10.4. The normalized spacial score (nSPS) is 18.2. The summed E-state index contributed by atoms with van der Waals surface area (Å²) in [7, 11) is -2.00. The summed E-state index contributed by atoms with van der Waals surface area (Å²) >= 11 is 3.53. The highest BCUT2D eigenvalue weighted by atomic mass is 79.9. The first kappa shape index (κ1) is 46.7. The number of aryl methyl sites for hydroxylation is 1. The fourth-order valence-corrected chi connectivity index (χ4v) is 10.4. The molecule has 0 aliphatic carbocycles. The molecule has 4 N–H and O–H groups in total. The number of rotatable bonds is 13. The summed E-state index contributed by atoms with van der Waals surface area (Å²) in [5.41, 5.74) is 6.80. The number of nitrogens with zero attached hydrogens (tertiary/aromatic N) is 8. The van der Waals surface area contributed by atoms with Gasteiger partial charge < -0.3 is 30.1 Å². The zero-order valence-corrected chi connectivity index (χ0v) is 40.5. The maximum atomic E-state index is 13.2. The van der Waals surface area contributed by atoms with Crippen LogP contribution >= 0.6 is 15.9 Å². The Morgan fingerprint density at radius 2 is 1.74 bits per heavy atom. The van der Waals surface area contributed by atoms with E-state index < -0.39 is 22.0 Å². The van der Waals surface area contributed by atoms with Crippen LogP contribution in [-0.4, -0.2) is 132 Å². The second-order valence-corrected chi connectivity index (χ2v) is 20.1. The summed E-state index contributed by atoms with van der Waals surface area (Å²) in [5, 5.41) is 8.92. The van der Waals surface area contributed by atoms with E-state index >= 15 is 0 Å². The minimum atomic E-state index is -3.65. The van der Waals surface area contributed by atoms with E-state index in [0.717, 1.165) is 100 Å². The predicted octanol–water partition coefficient (Wildman–Crippen LogP) is 5.54. The van der Waals surface area contributed by atoms with Gasteiger partial charge in [-0.05, 0) is 96.5 Å². The van der Waals surface area contributed by atoms with Crippen LogP contribution in [0.5, 0.6) is 5.75 Å². The number of imide groups is 1. The highest BCUT2D eigenvalue weighted by Gasteiger charge is 2.40. The number of fused-ring (bicyclic) bond motifs is 2. The smallest absolute Gasteiger partial charge is 0.255 e. The number of sulfonamides is 1. The second kappa shape index (κ2) is 20.1. The van der Waals surface area contributed by atoms with E-state index in [0.29, 0.717) is 69.0 Å². The van der Waals surface area contributed by atoms with Crippen molar-refractivity contribution in [3.8, 4) is 17.6 Å². The number of nitrogens with one attached hydrogen (secondary N) is 4. The number of hydrogen-bond donors (Lipinski definition) is 4. The molecular formula is C48H53BrN12O6S. The lowest BCUT2D eigenvalue weighted by Crippen LogP contribution is -2.53. The van der Waals surface area contributed by atoms with Gasteiger partial charge in [-0.25, -0.2) is 13.4 Å². The van der Waals surface area contributed by atoms with Crippen LogP contribution < -0.4 is 30.3 Å². The highest BCUT2D eigenvalue weighted by molar-refractivity contribution is 9.10. The van der Waals surface area contributed by atoms with Gasteiger partial charge in [0, 0.05) is 106 Å². The molecule has 0 radical (unpaired) electrons. The van der Waals surface area contributed by atoms with Gasteiger partial charge >= 0.3 is 0 Å². The molecule has 4 aliphatic rings. The Morgan fingerprint density at radius 1 is 0.941 bits per heavy atom. The minimum Gasteiger partial charge on any atom is -0.494 e. The molecule has 9 rings (SSSR count). The molecule has 1 atom stereocenters. The second-order valence-electron chi connectivity index (χ2n) is 17.5. The molecule has 3 fully saturated rings. The van der Waals surface area contributed by atoms with Gasteiger partial charge in [0.2, 0.25) is 27.8 Å². The molecule has 4 aliphatic heterocycles. The largest absolute Gasteiger partial charge is 0.494 e. The van der Waals surface area contributed by atoms with Gasteiger partial charge in [-0.1, -0.05) is 17.9 Å². The number of anilines is 6. The number of methoxy groups -OCH3 is 1. The standard InChI is InChI=1S/C48H53BrN12O6S/c1-30-26-38(54-48-52-28-35(49)45(56-48)53-37-12-11-36-43(51-18-17-50-36)44(37)57-68(3,65)66)41(67-2)27-40(30)60-20-15-32(16-21-60)59-24-22-58(23-25-59)19-6-4-5-8-31-9-7-10-33-34(31)29-61(47(33)64)39-13-14-42(62)55-46(39)63/h7,9-12,17-18,26-28,32,39,57H,4,6,13-16,19-25,29H2,1-3H3,(H,55,62,63)(H2,52,53,54,56). The van der Waals surface area contributed by atoms with Gasteiger partial charge in [0.05, 0.1) is 40.4 Å². The third-order valence-corrected chi connectivity index (χ3v) is 14.2. The summed E-state index contributed by atoms with van der Waals surface area (Å²) < 4.78 is 33.7. The number of piperidine rings is 2. The van der Waals surface area contributed by atoms with Gasteiger partial charge in [0.25, 0.3) is 5.91 Å². The quantitative estimate of drug-likeness (QED) is 0.0650. The van der Waals surface area contributed by atoms with Gasteiger partial charge in [0.1, 0.15) is 23.1 Å². The average Bonchev–Trinajstić information content (AvgIpc) is 3.66. The monoisotopic (exact) mass is 1000 g/mol. The molecule has 3 aromatic carbocycles. The van der Waals surface area contributed by atoms with Crippen molar-refractivity contribution >= 4 is 89.2 Å². The molecular weight excluding hydrogens is 953 g/mol. The van der Waals surface area contributed by atoms with Crippen molar-refractivity contribution in [2.45, 2.75) is 64.1 Å². The highest BCUT2D eigenvalue weighted by Crippen LogP contribution is 2.38. The Balaban J connectivity index is 0.752. The molecule has 20 heteroatoms. The van der Waals surface area contributed by atoms with E-state index in [9.17, 15) is 22.8 Å². The lowest BCUT2D eigenvalue weighted by molar-refractivity contribution is -0.136. The molecule has 3 saturated heterocycles. The van der Waals surface area contributed by atoms with Crippen molar-refractivity contribution < 1.29 is 27.5 Å². The van der Waals surface area contributed by atoms with Crippen LogP contribution in [0.1, 0.15) is 65.6 Å². The SMILES string of the molecule is COc1cc(N2CCC(N3CCN(CCCC#Cc4cccc5c4CN(C4CCC(=O)NC4=O)C5=O)CC3)CC2)c(C)cc1Nc1ncc(Br)c(Nc2ccc3nccnc3c2NS(C)(=O)=O)n1. The van der Waals surface area contributed by atoms with Crippen molar-refractivity contribution in [2.24, 2.45) is 0 Å². The summed E-state index contributed by atoms with van der Waals surface area (Å²) in [5.74, 6) is 7.11. The molecule has 0 saturated carbocycles. The van der Waals surface area contributed by atoms with E-state index in [1.54, 1.807) is 42.6 Å². The van der Waals surface area contributed by atoms with E-state index in [2.05, 4.69) is 97.2 Å². The number of hydrogen-bond acceptors (Lipinski definition) is 15. The number of aromatic nitrogens is 4. The zero-order valence-electron chi connectivity index (χ0n) is 38.1. The summed E-state index contributed by atoms with van der Waals surface area (Å²) in [6.07, 6.45) is 10.2. The van der Waals surface area contributed by atoms with Crippen LogP contribution in [0.25, 0.3) is 11.0 Å². The first-order valence-electron chi connectivity index (χ1n) is 22.8. The van der Waals surface area contributed by atoms with Gasteiger partial charge in [-0.15, -0.1) is 0 Å². The molecule has 5 aromatic rings. The van der Waals surface area contributed by atoms with Gasteiger partial charge in [0.15, 0.2) is 0 Å². The number of amides is 3. The van der Waals surface area contributed by atoms with Crippen LogP contribution in [-0.2, 0) is 26.2 Å². The summed E-state index contributed by atoms with van der Waals surface area (Å²) in [4.78, 5) is 64.4. The van der Waals surface area contributed by atoms with E-state index in [-0.39, 0.29) is 23.9 Å². The Kier molecular flexibility index (Phi) is 13.8. The van der Waals surface area contributed by atoms with Crippen molar-refractivity contribution in [3.63, 3.8) is 0 Å². The third-order valence-electron chi connectivity index (χ3n) is 13.0. The first-order valence-corrected chi connectivity index (χ1v) is 25.4. The topological polar surface area (TPSA) is 207 Å². The fourth-order valence-electron chi connectivity index (χ4n) is 9.55. The van der Waals surface area contributed by atoms with Crippen molar-refractivity contribution in [1.29, 1.82) is 0 Å². The van der Waals surface area contributed by atoms with Crippen molar-refractivity contribution in [1.82, 2.24) is 40.0 Å². The number of piperazine rings is 1. The van der Waals surface area contributed by atoms with Crippen LogP contribution in [0.2, 0.25) is 0 Å². The lowest BCUT2D eigenvalue weighted by Gasteiger charge is -2.43. The molecule has 0 spiro atoms. The van der Waals surface area contributed by atoms with Gasteiger partial charge in [-0.3, -0.25) is 39.3 Å². The molecule has 6 heterocycles. The zero-order chi connectivity index (χ0) is 47.5. The lowest BCUT2D eigenvalue weighted by atomic mass is 10.0.